The third kappa shape index (κ3) is 5.75. The summed E-state index contributed by atoms with van der Waals surface area (Å²) in [7, 11) is -1.93. The molecule has 0 aromatic rings. The predicted molar refractivity (Wildman–Crippen MR) is 62.6 cm³/mol. The summed E-state index contributed by atoms with van der Waals surface area (Å²) in [5.74, 6) is 0. The van der Waals surface area contributed by atoms with E-state index in [0.717, 1.165) is 32.0 Å². The van der Waals surface area contributed by atoms with Crippen molar-refractivity contribution in [3.8, 4) is 0 Å². The van der Waals surface area contributed by atoms with Gasteiger partial charge in [0.1, 0.15) is 0 Å². The molecule has 3 nitrogen and oxygen atoms in total. The molecule has 2 atom stereocenters. The molecule has 0 aromatic heterocycles. The zero-order chi connectivity index (χ0) is 11.0. The Labute approximate surface area is 89.2 Å². The first kappa shape index (κ1) is 14.1. The van der Waals surface area contributed by atoms with Gasteiger partial charge in [0.2, 0.25) is 0 Å². The van der Waals surface area contributed by atoms with Crippen molar-refractivity contribution in [2.24, 2.45) is 5.73 Å². The third-order valence-electron chi connectivity index (χ3n) is 2.31. The van der Waals surface area contributed by atoms with Crippen molar-refractivity contribution in [1.29, 1.82) is 0 Å². The van der Waals surface area contributed by atoms with E-state index in [1.165, 1.54) is 0 Å². The van der Waals surface area contributed by atoms with Crippen molar-refractivity contribution in [2.75, 3.05) is 13.2 Å². The highest BCUT2D eigenvalue weighted by Gasteiger charge is 2.31. The lowest BCUT2D eigenvalue weighted by Crippen LogP contribution is -2.41. The van der Waals surface area contributed by atoms with Gasteiger partial charge in [-0.3, -0.25) is 0 Å². The predicted octanol–water partition coefficient (Wildman–Crippen LogP) is 2.26. The SMILES string of the molecule is CCO[Si](C)(CCCN)OC(C)CC. The van der Waals surface area contributed by atoms with Crippen LogP contribution in [-0.4, -0.2) is 27.8 Å². The highest BCUT2D eigenvalue weighted by molar-refractivity contribution is 6.66. The highest BCUT2D eigenvalue weighted by atomic mass is 28.4. The van der Waals surface area contributed by atoms with Crippen molar-refractivity contribution in [3.05, 3.63) is 0 Å². The molecule has 86 valence electrons. The minimum Gasteiger partial charge on any atom is -0.395 e. The topological polar surface area (TPSA) is 44.5 Å². The molecule has 0 saturated heterocycles. The number of hydrogen-bond acceptors (Lipinski definition) is 3. The fourth-order valence-corrected chi connectivity index (χ4v) is 4.21. The Bertz CT molecular complexity index is 146. The van der Waals surface area contributed by atoms with E-state index >= 15 is 0 Å². The van der Waals surface area contributed by atoms with Crippen molar-refractivity contribution < 1.29 is 8.85 Å². The molecule has 0 aliphatic rings. The summed E-state index contributed by atoms with van der Waals surface area (Å²) in [6.45, 7) is 9.86. The van der Waals surface area contributed by atoms with E-state index < -0.39 is 8.56 Å². The summed E-state index contributed by atoms with van der Waals surface area (Å²) in [4.78, 5) is 0. The second-order valence-corrected chi connectivity index (χ2v) is 7.09. The summed E-state index contributed by atoms with van der Waals surface area (Å²) in [6, 6.07) is 1.00. The van der Waals surface area contributed by atoms with Crippen LogP contribution in [0.1, 0.15) is 33.6 Å². The van der Waals surface area contributed by atoms with E-state index in [1.807, 2.05) is 6.92 Å². The van der Waals surface area contributed by atoms with Gasteiger partial charge in [0.15, 0.2) is 0 Å². The van der Waals surface area contributed by atoms with E-state index in [9.17, 15) is 0 Å². The van der Waals surface area contributed by atoms with Gasteiger partial charge in [0.05, 0.1) is 0 Å². The first-order valence-electron chi connectivity index (χ1n) is 5.59. The molecule has 4 heteroatoms. The van der Waals surface area contributed by atoms with E-state index in [4.69, 9.17) is 14.6 Å². The lowest BCUT2D eigenvalue weighted by atomic mass is 10.3. The van der Waals surface area contributed by atoms with E-state index in [2.05, 4.69) is 20.4 Å². The van der Waals surface area contributed by atoms with Gasteiger partial charge in [-0.25, -0.2) is 0 Å². The van der Waals surface area contributed by atoms with Crippen LogP contribution in [-0.2, 0) is 8.85 Å². The molecule has 0 spiro atoms. The Kier molecular flexibility index (Phi) is 7.45. The van der Waals surface area contributed by atoms with Gasteiger partial charge in [-0.05, 0) is 45.8 Å². The first-order chi connectivity index (χ1) is 6.58. The molecule has 2 N–H and O–H groups in total. The minimum absolute atomic E-state index is 0.302. The number of nitrogens with two attached hydrogens (primary N) is 1. The molecule has 0 saturated carbocycles. The van der Waals surface area contributed by atoms with Crippen LogP contribution in [0.2, 0.25) is 12.6 Å². The Morgan fingerprint density at radius 3 is 2.43 bits per heavy atom. The molecule has 0 aromatic carbocycles. The van der Waals surface area contributed by atoms with Crippen molar-refractivity contribution in [3.63, 3.8) is 0 Å². The largest absolute Gasteiger partial charge is 0.395 e. The highest BCUT2D eigenvalue weighted by Crippen LogP contribution is 2.18. The first-order valence-corrected chi connectivity index (χ1v) is 8.12. The van der Waals surface area contributed by atoms with E-state index in [-0.39, 0.29) is 0 Å². The van der Waals surface area contributed by atoms with Crippen molar-refractivity contribution >= 4 is 8.56 Å². The van der Waals surface area contributed by atoms with Crippen LogP contribution in [0.4, 0.5) is 0 Å². The van der Waals surface area contributed by atoms with Crippen LogP contribution in [0.25, 0.3) is 0 Å². The Morgan fingerprint density at radius 1 is 1.36 bits per heavy atom. The van der Waals surface area contributed by atoms with Crippen LogP contribution in [0.3, 0.4) is 0 Å². The Hall–Kier alpha value is 0.0969. The zero-order valence-corrected chi connectivity index (χ0v) is 11.0. The van der Waals surface area contributed by atoms with Crippen LogP contribution in [0, 0.1) is 0 Å². The maximum absolute atomic E-state index is 5.99. The molecular formula is C10H25NO2Si. The van der Waals surface area contributed by atoms with Crippen LogP contribution in [0.5, 0.6) is 0 Å². The smallest absolute Gasteiger partial charge is 0.335 e. The molecule has 0 heterocycles. The van der Waals surface area contributed by atoms with Gasteiger partial charge in [-0.15, -0.1) is 0 Å². The standard InChI is InChI=1S/C10H25NO2Si/c1-5-10(3)13-14(4,12-6-2)9-7-8-11/h10H,5-9,11H2,1-4H3. The van der Waals surface area contributed by atoms with Crippen molar-refractivity contribution in [2.45, 2.75) is 52.3 Å². The average Bonchev–Trinajstić information content (AvgIpc) is 2.15. The molecule has 2 unspecified atom stereocenters. The molecule has 14 heavy (non-hydrogen) atoms. The number of rotatable bonds is 8. The fourth-order valence-electron chi connectivity index (χ4n) is 1.40. The van der Waals surface area contributed by atoms with Crippen LogP contribution >= 0.6 is 0 Å². The van der Waals surface area contributed by atoms with Gasteiger partial charge in [0.25, 0.3) is 0 Å². The van der Waals surface area contributed by atoms with E-state index in [0.29, 0.717) is 6.10 Å². The summed E-state index contributed by atoms with van der Waals surface area (Å²) in [5, 5.41) is 0. The summed E-state index contributed by atoms with van der Waals surface area (Å²) in [5.41, 5.74) is 5.51. The maximum atomic E-state index is 5.99. The third-order valence-corrected chi connectivity index (χ3v) is 5.37. The molecule has 0 amide bonds. The zero-order valence-electron chi connectivity index (χ0n) is 10.0. The Morgan fingerprint density at radius 2 is 2.00 bits per heavy atom. The van der Waals surface area contributed by atoms with Crippen molar-refractivity contribution in [1.82, 2.24) is 0 Å². The average molecular weight is 219 g/mol. The molecule has 0 aliphatic heterocycles. The van der Waals surface area contributed by atoms with E-state index in [1.54, 1.807) is 0 Å². The summed E-state index contributed by atoms with van der Waals surface area (Å²) in [6.07, 6.45) is 2.34. The molecular weight excluding hydrogens is 194 g/mol. The van der Waals surface area contributed by atoms with Crippen LogP contribution in [0.15, 0.2) is 0 Å². The Balaban J connectivity index is 4.07. The summed E-state index contributed by atoms with van der Waals surface area (Å²) >= 11 is 0. The molecule has 0 bridgehead atoms. The van der Waals surface area contributed by atoms with Gasteiger partial charge < -0.3 is 14.6 Å². The van der Waals surface area contributed by atoms with Gasteiger partial charge >= 0.3 is 8.56 Å². The lowest BCUT2D eigenvalue weighted by Gasteiger charge is -2.29. The lowest BCUT2D eigenvalue weighted by molar-refractivity contribution is 0.128. The summed E-state index contributed by atoms with van der Waals surface area (Å²) < 4.78 is 11.8. The molecule has 0 fully saturated rings. The van der Waals surface area contributed by atoms with Gasteiger partial charge in [-0.1, -0.05) is 6.92 Å². The second kappa shape index (κ2) is 7.40. The second-order valence-electron chi connectivity index (χ2n) is 3.80. The molecule has 0 rings (SSSR count). The maximum Gasteiger partial charge on any atom is 0.335 e. The number of hydrogen-bond donors (Lipinski definition) is 1. The van der Waals surface area contributed by atoms with Gasteiger partial charge in [-0.2, -0.15) is 0 Å². The quantitative estimate of drug-likeness (QED) is 0.637. The fraction of sp³-hybridized carbons (Fsp3) is 1.00. The molecule has 0 radical (unpaired) electrons. The van der Waals surface area contributed by atoms with Crippen LogP contribution < -0.4 is 5.73 Å². The van der Waals surface area contributed by atoms with Gasteiger partial charge in [0, 0.05) is 12.7 Å². The molecule has 0 aliphatic carbocycles. The minimum atomic E-state index is -1.93. The normalized spacial score (nSPS) is 17.8. The monoisotopic (exact) mass is 219 g/mol.